The van der Waals surface area contributed by atoms with Crippen LogP contribution in [0.2, 0.25) is 36.8 Å². The van der Waals surface area contributed by atoms with Gasteiger partial charge in [-0.15, -0.1) is 13.1 Å². The summed E-state index contributed by atoms with van der Waals surface area (Å²) >= 11 is -0.556. The van der Waals surface area contributed by atoms with Gasteiger partial charge >= 0.3 is 35.6 Å². The number of piperazine rings is 1. The van der Waals surface area contributed by atoms with Crippen LogP contribution in [0.1, 0.15) is 27.2 Å². The van der Waals surface area contributed by atoms with E-state index >= 15 is 0 Å². The van der Waals surface area contributed by atoms with Crippen molar-refractivity contribution in [1.82, 2.24) is 4.57 Å². The number of halogens is 2. The van der Waals surface area contributed by atoms with Crippen LogP contribution < -0.4 is 0 Å². The van der Waals surface area contributed by atoms with Crippen LogP contribution in [-0.2, 0) is 21.5 Å². The Labute approximate surface area is 205 Å². The fourth-order valence-corrected chi connectivity index (χ4v) is 10.6. The third-order valence-corrected chi connectivity index (χ3v) is 16.5. The Hall–Kier alpha value is 1.09. The van der Waals surface area contributed by atoms with E-state index in [2.05, 4.69) is 81.1 Å². The summed E-state index contributed by atoms with van der Waals surface area (Å²) in [7, 11) is 6.40. The van der Waals surface area contributed by atoms with Crippen LogP contribution in [0.4, 0.5) is 0 Å². The van der Waals surface area contributed by atoms with Crippen molar-refractivity contribution in [2.75, 3.05) is 26.2 Å². The third-order valence-electron chi connectivity index (χ3n) is 7.56. The van der Waals surface area contributed by atoms with Crippen molar-refractivity contribution in [3.63, 3.8) is 0 Å². The molecule has 2 aliphatic carbocycles. The molecule has 0 radical (unpaired) electrons. The van der Waals surface area contributed by atoms with Gasteiger partial charge < -0.3 is 21.7 Å². The molecule has 0 aromatic heterocycles. The molecule has 1 aliphatic heterocycles. The summed E-state index contributed by atoms with van der Waals surface area (Å²) in [5, 5.41) is 4.86. The Morgan fingerprint density at radius 3 is 2.10 bits per heavy atom. The van der Waals surface area contributed by atoms with Gasteiger partial charge in [-0.25, -0.2) is 0 Å². The molecule has 4 atom stereocenters. The van der Waals surface area contributed by atoms with E-state index < -0.39 is 33.6 Å². The predicted molar refractivity (Wildman–Crippen MR) is 136 cm³/mol. The molecule has 174 valence electrons. The van der Waals surface area contributed by atoms with Crippen LogP contribution in [0.5, 0.6) is 0 Å². The van der Waals surface area contributed by atoms with Gasteiger partial charge in [0.15, 0.2) is 8.32 Å². The molecule has 1 heterocycles. The van der Waals surface area contributed by atoms with Crippen molar-refractivity contribution in [3.05, 3.63) is 37.0 Å². The van der Waals surface area contributed by atoms with Gasteiger partial charge in [0.05, 0.1) is 0 Å². The Morgan fingerprint density at radius 2 is 1.57 bits per heavy atom. The monoisotopic (exact) mass is 524 g/mol. The number of nitrogens with zero attached hydrogens (tertiary/aromatic N) is 2. The summed E-state index contributed by atoms with van der Waals surface area (Å²) in [6.07, 6.45) is 11.1. The number of fused-ring (bicyclic) bond motifs is 1. The van der Waals surface area contributed by atoms with Crippen molar-refractivity contribution in [2.24, 2.45) is 11.8 Å². The van der Waals surface area contributed by atoms with Gasteiger partial charge in [0.2, 0.25) is 0 Å². The number of rotatable bonds is 4. The fourth-order valence-electron chi connectivity index (χ4n) is 4.95. The minimum absolute atomic E-state index is 0. The topological polar surface area (TPSA) is 26.6 Å². The van der Waals surface area contributed by atoms with Crippen LogP contribution in [0.15, 0.2) is 24.3 Å². The van der Waals surface area contributed by atoms with Crippen molar-refractivity contribution >= 4 is 35.2 Å². The van der Waals surface area contributed by atoms with Gasteiger partial charge in [-0.2, -0.15) is 0 Å². The first kappa shape index (κ1) is 29.1. The second kappa shape index (κ2) is 12.0. The number of allylic oxidation sites excluding steroid dienone is 4. The molecule has 3 aliphatic rings. The summed E-state index contributed by atoms with van der Waals surface area (Å²) in [6, 6.07) is 0. The Bertz CT molecular complexity index is 590. The molecule has 1 saturated carbocycles. The fraction of sp³-hybridized carbons (Fsp3) is 0.773. The summed E-state index contributed by atoms with van der Waals surface area (Å²) in [5.74, 6) is 1.33. The van der Waals surface area contributed by atoms with Crippen LogP contribution in [0, 0.1) is 19.3 Å². The van der Waals surface area contributed by atoms with Crippen molar-refractivity contribution in [3.8, 4) is 0 Å². The molecular formula is C22H42Cl2N2OSi2Ti-2. The van der Waals surface area contributed by atoms with Gasteiger partial charge in [0.1, 0.15) is 8.24 Å². The Kier molecular flexibility index (Phi) is 11.6. The van der Waals surface area contributed by atoms with Gasteiger partial charge in [-0.1, -0.05) is 58.2 Å². The molecule has 0 spiro atoms. The molecule has 0 bridgehead atoms. The van der Waals surface area contributed by atoms with Crippen molar-refractivity contribution in [2.45, 2.75) is 70.1 Å². The molecule has 30 heavy (non-hydrogen) atoms. The van der Waals surface area contributed by atoms with Crippen LogP contribution in [-0.4, -0.2) is 53.4 Å². The molecule has 2 fully saturated rings. The Morgan fingerprint density at radius 1 is 1.03 bits per heavy atom. The Balaban J connectivity index is 0.00000106. The van der Waals surface area contributed by atoms with Gasteiger partial charge in [0.25, 0.3) is 0 Å². The molecule has 0 aromatic carbocycles. The van der Waals surface area contributed by atoms with Crippen molar-refractivity contribution < 1.29 is 21.5 Å². The van der Waals surface area contributed by atoms with E-state index in [-0.39, 0.29) is 12.5 Å². The van der Waals surface area contributed by atoms with Gasteiger partial charge in [-0.05, 0) is 55.0 Å². The standard InChI is InChI=1S/C21H39N2OSi2.CH3.2ClH.Ti/c1-21(2,3)26(6,7)24-19-16-17-10-8-9-11-18(17)20(19)25(4,5)23-14-12-22-13-15-23;;;;/h8-11,17-20H,12-16H2,1-7H3;1H3;2*1H;/q2*-1;;;+2/p-2. The van der Waals surface area contributed by atoms with E-state index in [1.54, 1.807) is 0 Å². The first-order valence-electron chi connectivity index (χ1n) is 10.8. The van der Waals surface area contributed by atoms with E-state index in [1.807, 2.05) is 0 Å². The SMILES string of the molecule is CC(C)(C)[Si](C)(C)OC1CC2C=CC=CC2C1[Si](C)(C)N1CC[N-]CC1.[CH3-].[Cl][Ti][Cl]. The number of hydrogen-bond donors (Lipinski definition) is 0. The van der Waals surface area contributed by atoms with Crippen LogP contribution >= 0.6 is 18.6 Å². The minimum atomic E-state index is -1.77. The first-order chi connectivity index (χ1) is 13.5. The molecule has 3 rings (SSSR count). The van der Waals surface area contributed by atoms with E-state index in [9.17, 15) is 0 Å². The number of hydrogen-bond acceptors (Lipinski definition) is 2. The van der Waals surface area contributed by atoms with Crippen LogP contribution in [0.25, 0.3) is 5.32 Å². The molecule has 0 aromatic rings. The summed E-state index contributed by atoms with van der Waals surface area (Å²) in [5.41, 5.74) is 0.681. The van der Waals surface area contributed by atoms with E-state index in [0.717, 1.165) is 26.2 Å². The maximum absolute atomic E-state index is 7.10. The second-order valence-electron chi connectivity index (χ2n) is 10.6. The maximum atomic E-state index is 7.10. The van der Waals surface area contributed by atoms with Gasteiger partial charge in [-0.3, -0.25) is 0 Å². The molecule has 3 nitrogen and oxygen atoms in total. The zero-order valence-electron chi connectivity index (χ0n) is 20.2. The van der Waals surface area contributed by atoms with E-state index in [1.165, 1.54) is 6.42 Å². The summed E-state index contributed by atoms with van der Waals surface area (Å²) in [4.78, 5) is 0. The average Bonchev–Trinajstić information content (AvgIpc) is 3.00. The predicted octanol–water partition coefficient (Wildman–Crippen LogP) is 7.23. The zero-order valence-corrected chi connectivity index (χ0v) is 25.3. The quantitative estimate of drug-likeness (QED) is 0.286. The third kappa shape index (κ3) is 6.80. The van der Waals surface area contributed by atoms with Gasteiger partial charge in [0, 0.05) is 6.10 Å². The molecule has 0 amide bonds. The molecule has 1 saturated heterocycles. The molecular weight excluding hydrogens is 483 g/mol. The molecule has 4 unspecified atom stereocenters. The summed E-state index contributed by atoms with van der Waals surface area (Å²) in [6.45, 7) is 21.5. The molecule has 8 heteroatoms. The average molecular weight is 526 g/mol. The van der Waals surface area contributed by atoms with Crippen LogP contribution in [0.3, 0.4) is 0 Å². The molecule has 0 N–H and O–H groups in total. The second-order valence-corrected chi connectivity index (χ2v) is 22.5. The summed E-state index contributed by atoms with van der Waals surface area (Å²) < 4.78 is 9.92. The van der Waals surface area contributed by atoms with Crippen molar-refractivity contribution in [1.29, 1.82) is 0 Å². The zero-order chi connectivity index (χ0) is 21.9. The first-order valence-corrected chi connectivity index (χ1v) is 21.1. The normalized spacial score (nSPS) is 29.5. The van der Waals surface area contributed by atoms with E-state index in [0.29, 0.717) is 23.5 Å². The van der Waals surface area contributed by atoms with E-state index in [4.69, 9.17) is 23.0 Å².